The van der Waals surface area contributed by atoms with Crippen LogP contribution in [0.4, 0.5) is 4.79 Å². The van der Waals surface area contributed by atoms with Crippen LogP contribution >= 0.6 is 11.8 Å². The van der Waals surface area contributed by atoms with Crippen LogP contribution in [0.2, 0.25) is 0 Å². The van der Waals surface area contributed by atoms with Crippen molar-refractivity contribution < 1.29 is 9.59 Å². The van der Waals surface area contributed by atoms with E-state index in [0.29, 0.717) is 11.7 Å². The fourth-order valence-electron chi connectivity index (χ4n) is 2.35. The van der Waals surface area contributed by atoms with Gasteiger partial charge in [-0.2, -0.15) is 11.8 Å². The van der Waals surface area contributed by atoms with Crippen molar-refractivity contribution in [2.24, 2.45) is 5.84 Å². The SMILES string of the molecule is NNC(=O)CCCC[C@H]1SC[C@@H]2NC(=O)N[C@@H]21. The minimum Gasteiger partial charge on any atom is -0.332 e. The number of rotatable bonds is 5. The molecule has 3 amide bonds. The van der Waals surface area contributed by atoms with Gasteiger partial charge in [0.25, 0.3) is 0 Å². The summed E-state index contributed by atoms with van der Waals surface area (Å²) >= 11 is 1.90. The molecule has 0 bridgehead atoms. The first-order valence-electron chi connectivity index (χ1n) is 5.89. The van der Waals surface area contributed by atoms with Gasteiger partial charge >= 0.3 is 6.03 Å². The molecule has 0 saturated carbocycles. The Morgan fingerprint density at radius 3 is 3.06 bits per heavy atom. The fourth-order valence-corrected chi connectivity index (χ4v) is 3.89. The van der Waals surface area contributed by atoms with E-state index >= 15 is 0 Å². The molecule has 0 aliphatic carbocycles. The summed E-state index contributed by atoms with van der Waals surface area (Å²) in [4.78, 5) is 22.1. The van der Waals surface area contributed by atoms with E-state index < -0.39 is 0 Å². The number of nitrogens with one attached hydrogen (secondary N) is 3. The van der Waals surface area contributed by atoms with E-state index in [1.807, 2.05) is 11.8 Å². The third kappa shape index (κ3) is 3.04. The maximum atomic E-state index is 11.2. The molecular formula is C10H18N4O2S. The predicted molar refractivity (Wildman–Crippen MR) is 66.3 cm³/mol. The number of thioether (sulfide) groups is 1. The summed E-state index contributed by atoms with van der Waals surface area (Å²) in [6.07, 6.45) is 3.35. The molecule has 2 fully saturated rings. The van der Waals surface area contributed by atoms with Crippen LogP contribution in [0, 0.1) is 0 Å². The molecule has 7 heteroatoms. The Morgan fingerprint density at radius 1 is 1.47 bits per heavy atom. The molecule has 2 saturated heterocycles. The first-order valence-corrected chi connectivity index (χ1v) is 6.93. The van der Waals surface area contributed by atoms with Crippen molar-refractivity contribution in [2.75, 3.05) is 5.75 Å². The molecule has 3 atom stereocenters. The van der Waals surface area contributed by atoms with Gasteiger partial charge in [0, 0.05) is 17.4 Å². The van der Waals surface area contributed by atoms with Crippen molar-refractivity contribution in [2.45, 2.75) is 43.0 Å². The number of fused-ring (bicyclic) bond motifs is 1. The molecule has 17 heavy (non-hydrogen) atoms. The summed E-state index contributed by atoms with van der Waals surface area (Å²) < 4.78 is 0. The average molecular weight is 258 g/mol. The number of nitrogens with two attached hydrogens (primary N) is 1. The lowest BCUT2D eigenvalue weighted by atomic mass is 10.0. The van der Waals surface area contributed by atoms with Crippen molar-refractivity contribution in [3.05, 3.63) is 0 Å². The van der Waals surface area contributed by atoms with Crippen molar-refractivity contribution in [1.82, 2.24) is 16.1 Å². The number of amides is 3. The summed E-state index contributed by atoms with van der Waals surface area (Å²) in [6.45, 7) is 0. The first kappa shape index (κ1) is 12.5. The minimum absolute atomic E-state index is 0.0483. The van der Waals surface area contributed by atoms with E-state index in [0.717, 1.165) is 25.0 Å². The van der Waals surface area contributed by atoms with Crippen molar-refractivity contribution in [3.63, 3.8) is 0 Å². The van der Waals surface area contributed by atoms with E-state index in [2.05, 4.69) is 16.1 Å². The summed E-state index contributed by atoms with van der Waals surface area (Å²) in [5.74, 6) is 5.87. The van der Waals surface area contributed by atoms with Crippen molar-refractivity contribution in [1.29, 1.82) is 0 Å². The summed E-state index contributed by atoms with van der Waals surface area (Å²) in [6, 6.07) is 0.494. The number of hydrazine groups is 1. The van der Waals surface area contributed by atoms with E-state index in [1.54, 1.807) is 0 Å². The van der Waals surface area contributed by atoms with E-state index in [4.69, 9.17) is 5.84 Å². The molecule has 2 rings (SSSR count). The van der Waals surface area contributed by atoms with Gasteiger partial charge < -0.3 is 10.6 Å². The van der Waals surface area contributed by atoms with Gasteiger partial charge in [-0.25, -0.2) is 10.6 Å². The molecular weight excluding hydrogens is 240 g/mol. The highest BCUT2D eigenvalue weighted by Gasteiger charge is 2.42. The van der Waals surface area contributed by atoms with Crippen LogP contribution in [0.1, 0.15) is 25.7 Å². The first-order chi connectivity index (χ1) is 8.20. The summed E-state index contributed by atoms with van der Waals surface area (Å²) in [5, 5.41) is 6.34. The Balaban J connectivity index is 1.66. The molecule has 2 heterocycles. The standard InChI is InChI=1S/C10H18N4O2S/c11-14-8(15)4-2-1-3-7-9-6(5-17-7)12-10(16)13-9/h6-7,9H,1-5,11H2,(H,14,15)(H2,12,13,16)/t6-,7+,9-/m0/s1. The van der Waals surface area contributed by atoms with Crippen LogP contribution in [0.25, 0.3) is 0 Å². The Labute approximate surface area is 104 Å². The Bertz CT molecular complexity index is 313. The number of carbonyl (C=O) groups is 2. The van der Waals surface area contributed by atoms with Gasteiger partial charge in [-0.15, -0.1) is 0 Å². The molecule has 2 aliphatic heterocycles. The second-order valence-corrected chi connectivity index (χ2v) is 5.71. The maximum Gasteiger partial charge on any atom is 0.315 e. The lowest BCUT2D eigenvalue weighted by molar-refractivity contribution is -0.121. The molecule has 0 unspecified atom stereocenters. The van der Waals surface area contributed by atoms with Gasteiger partial charge in [-0.05, 0) is 12.8 Å². The van der Waals surface area contributed by atoms with Crippen LogP contribution in [-0.4, -0.2) is 35.0 Å². The largest absolute Gasteiger partial charge is 0.332 e. The highest BCUT2D eigenvalue weighted by Crippen LogP contribution is 2.33. The molecule has 0 aromatic rings. The maximum absolute atomic E-state index is 11.2. The third-order valence-corrected chi connectivity index (χ3v) is 4.75. The van der Waals surface area contributed by atoms with Crippen molar-refractivity contribution >= 4 is 23.7 Å². The summed E-state index contributed by atoms with van der Waals surface area (Å²) in [7, 11) is 0. The molecule has 0 aromatic carbocycles. The van der Waals surface area contributed by atoms with Crippen LogP contribution in [0.15, 0.2) is 0 Å². The van der Waals surface area contributed by atoms with Gasteiger partial charge in [-0.3, -0.25) is 10.2 Å². The van der Waals surface area contributed by atoms with Crippen LogP contribution in [0.5, 0.6) is 0 Å². The summed E-state index contributed by atoms with van der Waals surface area (Å²) in [5.41, 5.74) is 2.13. The zero-order chi connectivity index (χ0) is 12.3. The Hall–Kier alpha value is -0.950. The molecule has 0 spiro atoms. The van der Waals surface area contributed by atoms with E-state index in [-0.39, 0.29) is 24.0 Å². The number of carbonyl (C=O) groups excluding carboxylic acids is 2. The van der Waals surface area contributed by atoms with E-state index in [1.165, 1.54) is 0 Å². The number of hydrogen-bond acceptors (Lipinski definition) is 4. The van der Waals surface area contributed by atoms with Gasteiger partial charge in [0.2, 0.25) is 5.91 Å². The Kier molecular flexibility index (Phi) is 4.11. The van der Waals surface area contributed by atoms with Crippen LogP contribution in [0.3, 0.4) is 0 Å². The lowest BCUT2D eigenvalue weighted by Crippen LogP contribution is -2.36. The van der Waals surface area contributed by atoms with Crippen molar-refractivity contribution in [3.8, 4) is 0 Å². The number of hydrogen-bond donors (Lipinski definition) is 4. The zero-order valence-corrected chi connectivity index (χ0v) is 10.4. The highest BCUT2D eigenvalue weighted by molar-refractivity contribution is 8.00. The topological polar surface area (TPSA) is 96.2 Å². The zero-order valence-electron chi connectivity index (χ0n) is 9.57. The quantitative estimate of drug-likeness (QED) is 0.179. The fraction of sp³-hybridized carbons (Fsp3) is 0.800. The van der Waals surface area contributed by atoms with E-state index in [9.17, 15) is 9.59 Å². The lowest BCUT2D eigenvalue weighted by Gasteiger charge is -2.16. The van der Waals surface area contributed by atoms with Gasteiger partial charge in [-0.1, -0.05) is 6.42 Å². The van der Waals surface area contributed by atoms with Gasteiger partial charge in [0.1, 0.15) is 0 Å². The minimum atomic E-state index is -0.113. The normalized spacial score (nSPS) is 30.6. The number of urea groups is 1. The van der Waals surface area contributed by atoms with Crippen LogP contribution < -0.4 is 21.9 Å². The molecule has 0 radical (unpaired) electrons. The molecule has 2 aliphatic rings. The molecule has 0 aromatic heterocycles. The van der Waals surface area contributed by atoms with Gasteiger partial charge in [0.15, 0.2) is 0 Å². The number of unbranched alkanes of at least 4 members (excludes halogenated alkanes) is 1. The molecule has 96 valence electrons. The second kappa shape index (κ2) is 5.59. The average Bonchev–Trinajstić information content (AvgIpc) is 2.84. The second-order valence-electron chi connectivity index (χ2n) is 4.44. The van der Waals surface area contributed by atoms with Gasteiger partial charge in [0.05, 0.1) is 12.1 Å². The molecule has 6 nitrogen and oxygen atoms in total. The predicted octanol–water partition coefficient (Wildman–Crippen LogP) is -0.298. The smallest absolute Gasteiger partial charge is 0.315 e. The highest BCUT2D eigenvalue weighted by atomic mass is 32.2. The molecule has 5 N–H and O–H groups in total. The monoisotopic (exact) mass is 258 g/mol. The Morgan fingerprint density at radius 2 is 2.29 bits per heavy atom. The third-order valence-electron chi connectivity index (χ3n) is 3.24. The van der Waals surface area contributed by atoms with Crippen LogP contribution in [-0.2, 0) is 4.79 Å².